The van der Waals surface area contributed by atoms with Crippen molar-refractivity contribution in [3.63, 3.8) is 0 Å². The SMILES string of the molecule is CC#CCCNc1cc(OC)c(OC)cc1[N+](=O)[O-]. The van der Waals surface area contributed by atoms with Gasteiger partial charge in [-0.1, -0.05) is 0 Å². The molecule has 1 aromatic rings. The van der Waals surface area contributed by atoms with Crippen LogP contribution in [0.15, 0.2) is 12.1 Å². The zero-order chi connectivity index (χ0) is 14.3. The van der Waals surface area contributed by atoms with Crippen LogP contribution in [0.5, 0.6) is 11.5 Å². The molecule has 0 aliphatic heterocycles. The maximum Gasteiger partial charge on any atom is 0.296 e. The highest BCUT2D eigenvalue weighted by Gasteiger charge is 2.18. The molecular formula is C13H16N2O4. The summed E-state index contributed by atoms with van der Waals surface area (Å²) in [7, 11) is 2.92. The molecule has 0 fully saturated rings. The van der Waals surface area contributed by atoms with Crippen molar-refractivity contribution < 1.29 is 14.4 Å². The Morgan fingerprint density at radius 1 is 1.32 bits per heavy atom. The average molecular weight is 264 g/mol. The Morgan fingerprint density at radius 3 is 2.47 bits per heavy atom. The summed E-state index contributed by atoms with van der Waals surface area (Å²) in [5.41, 5.74) is 0.336. The van der Waals surface area contributed by atoms with Crippen molar-refractivity contribution in [3.05, 3.63) is 22.2 Å². The van der Waals surface area contributed by atoms with Crippen LogP contribution in [0.25, 0.3) is 0 Å². The number of nitro groups is 1. The van der Waals surface area contributed by atoms with Gasteiger partial charge in [0.05, 0.1) is 25.2 Å². The van der Waals surface area contributed by atoms with Crippen LogP contribution < -0.4 is 14.8 Å². The molecule has 0 aromatic heterocycles. The minimum atomic E-state index is -0.463. The molecule has 0 spiro atoms. The quantitative estimate of drug-likeness (QED) is 0.370. The summed E-state index contributed by atoms with van der Waals surface area (Å²) in [6.45, 7) is 2.27. The van der Waals surface area contributed by atoms with Gasteiger partial charge in [-0.05, 0) is 6.92 Å². The summed E-state index contributed by atoms with van der Waals surface area (Å²) in [4.78, 5) is 10.6. The van der Waals surface area contributed by atoms with Crippen molar-refractivity contribution in [1.82, 2.24) is 0 Å². The van der Waals surface area contributed by atoms with Crippen LogP contribution in [0.4, 0.5) is 11.4 Å². The second-order valence-electron chi connectivity index (χ2n) is 3.59. The third-order valence-electron chi connectivity index (χ3n) is 2.44. The first-order valence-electron chi connectivity index (χ1n) is 5.68. The van der Waals surface area contributed by atoms with Crippen LogP contribution in [0.3, 0.4) is 0 Å². The summed E-state index contributed by atoms with van der Waals surface area (Å²) < 4.78 is 10.2. The molecule has 0 unspecified atom stereocenters. The smallest absolute Gasteiger partial charge is 0.296 e. The maximum absolute atomic E-state index is 11.0. The molecule has 0 aliphatic rings. The number of rotatable bonds is 6. The van der Waals surface area contributed by atoms with E-state index in [-0.39, 0.29) is 5.69 Å². The fourth-order valence-electron chi connectivity index (χ4n) is 1.55. The van der Waals surface area contributed by atoms with E-state index in [0.29, 0.717) is 30.2 Å². The summed E-state index contributed by atoms with van der Waals surface area (Å²) in [6, 6.07) is 2.89. The third-order valence-corrected chi connectivity index (χ3v) is 2.44. The lowest BCUT2D eigenvalue weighted by atomic mass is 10.2. The normalized spacial score (nSPS) is 9.21. The third kappa shape index (κ3) is 3.78. The molecule has 19 heavy (non-hydrogen) atoms. The van der Waals surface area contributed by atoms with E-state index in [1.165, 1.54) is 20.3 Å². The van der Waals surface area contributed by atoms with Gasteiger partial charge in [-0.3, -0.25) is 10.1 Å². The number of ether oxygens (including phenoxy) is 2. The van der Waals surface area contributed by atoms with E-state index in [4.69, 9.17) is 9.47 Å². The molecule has 0 bridgehead atoms. The molecule has 1 aromatic carbocycles. The summed E-state index contributed by atoms with van der Waals surface area (Å²) in [5, 5.41) is 14.0. The molecule has 0 aliphatic carbocycles. The van der Waals surface area contributed by atoms with Crippen molar-refractivity contribution in [2.24, 2.45) is 0 Å². The van der Waals surface area contributed by atoms with Crippen molar-refractivity contribution in [1.29, 1.82) is 0 Å². The first-order valence-corrected chi connectivity index (χ1v) is 5.68. The van der Waals surface area contributed by atoms with Crippen molar-refractivity contribution in [2.45, 2.75) is 13.3 Å². The molecule has 0 heterocycles. The van der Waals surface area contributed by atoms with Crippen LogP contribution in [0, 0.1) is 22.0 Å². The van der Waals surface area contributed by atoms with Gasteiger partial charge in [0, 0.05) is 19.0 Å². The van der Waals surface area contributed by atoms with Gasteiger partial charge in [0.25, 0.3) is 5.69 Å². The minimum Gasteiger partial charge on any atom is -0.493 e. The Bertz CT molecular complexity index is 517. The number of nitrogens with zero attached hydrogens (tertiary/aromatic N) is 1. The van der Waals surface area contributed by atoms with Crippen molar-refractivity contribution in [2.75, 3.05) is 26.1 Å². The van der Waals surface area contributed by atoms with Crippen LogP contribution >= 0.6 is 0 Å². The fraction of sp³-hybridized carbons (Fsp3) is 0.385. The highest BCUT2D eigenvalue weighted by Crippen LogP contribution is 2.37. The topological polar surface area (TPSA) is 73.6 Å². The van der Waals surface area contributed by atoms with Gasteiger partial charge in [0.1, 0.15) is 5.69 Å². The largest absolute Gasteiger partial charge is 0.493 e. The standard InChI is InChI=1S/C13H16N2O4/c1-4-5-6-7-14-10-8-12(18-2)13(19-3)9-11(10)15(16)17/h8-9,14H,6-7H2,1-3H3. The van der Waals surface area contributed by atoms with Gasteiger partial charge in [-0.15, -0.1) is 11.8 Å². The fourth-order valence-corrected chi connectivity index (χ4v) is 1.55. The van der Waals surface area contributed by atoms with Crippen molar-refractivity contribution >= 4 is 11.4 Å². The van der Waals surface area contributed by atoms with Gasteiger partial charge in [-0.2, -0.15) is 0 Å². The Morgan fingerprint density at radius 2 is 1.95 bits per heavy atom. The van der Waals surface area contributed by atoms with Crippen molar-refractivity contribution in [3.8, 4) is 23.3 Å². The molecule has 1 rings (SSSR count). The number of benzene rings is 1. The average Bonchev–Trinajstić information content (AvgIpc) is 2.42. The van der Waals surface area contributed by atoms with Crippen LogP contribution in [0.2, 0.25) is 0 Å². The van der Waals surface area contributed by atoms with E-state index < -0.39 is 4.92 Å². The molecule has 0 saturated carbocycles. The number of nitro benzene ring substituents is 1. The number of anilines is 1. The summed E-state index contributed by atoms with van der Waals surface area (Å²) in [5.74, 6) is 6.41. The van der Waals surface area contributed by atoms with E-state index in [1.807, 2.05) is 0 Å². The Balaban J connectivity index is 3.04. The Kier molecular flexibility index (Phi) is 5.48. The summed E-state index contributed by atoms with van der Waals surface area (Å²) >= 11 is 0. The molecule has 0 saturated heterocycles. The lowest BCUT2D eigenvalue weighted by Crippen LogP contribution is -2.05. The van der Waals surface area contributed by atoms with Gasteiger partial charge >= 0.3 is 0 Å². The minimum absolute atomic E-state index is 0.0536. The monoisotopic (exact) mass is 264 g/mol. The number of hydrogen-bond donors (Lipinski definition) is 1. The first kappa shape index (κ1) is 14.6. The predicted octanol–water partition coefficient (Wildman–Crippen LogP) is 2.44. The highest BCUT2D eigenvalue weighted by molar-refractivity contribution is 5.68. The molecule has 6 nitrogen and oxygen atoms in total. The summed E-state index contributed by atoms with van der Waals surface area (Å²) in [6.07, 6.45) is 0.613. The molecule has 0 radical (unpaired) electrons. The van der Waals surface area contributed by atoms with Gasteiger partial charge in [0.15, 0.2) is 11.5 Å². The lowest BCUT2D eigenvalue weighted by Gasteiger charge is -2.11. The molecule has 0 amide bonds. The highest BCUT2D eigenvalue weighted by atomic mass is 16.6. The van der Waals surface area contributed by atoms with Crippen LogP contribution in [0.1, 0.15) is 13.3 Å². The Hall–Kier alpha value is -2.42. The second kappa shape index (κ2) is 7.11. The number of hydrogen-bond acceptors (Lipinski definition) is 5. The van der Waals surface area contributed by atoms with Crippen LogP contribution in [-0.4, -0.2) is 25.7 Å². The zero-order valence-corrected chi connectivity index (χ0v) is 11.1. The van der Waals surface area contributed by atoms with Gasteiger partial charge < -0.3 is 14.8 Å². The Labute approximate surface area is 111 Å². The zero-order valence-electron chi connectivity index (χ0n) is 11.1. The maximum atomic E-state index is 11.0. The van der Waals surface area contributed by atoms with E-state index in [1.54, 1.807) is 13.0 Å². The van der Waals surface area contributed by atoms with E-state index >= 15 is 0 Å². The second-order valence-corrected chi connectivity index (χ2v) is 3.59. The molecule has 0 atom stereocenters. The number of methoxy groups -OCH3 is 2. The molecule has 6 heteroatoms. The van der Waals surface area contributed by atoms with Gasteiger partial charge in [0.2, 0.25) is 0 Å². The van der Waals surface area contributed by atoms with Crippen LogP contribution in [-0.2, 0) is 0 Å². The van der Waals surface area contributed by atoms with Gasteiger partial charge in [-0.25, -0.2) is 0 Å². The molecular weight excluding hydrogens is 248 g/mol. The lowest BCUT2D eigenvalue weighted by molar-refractivity contribution is -0.384. The molecule has 102 valence electrons. The molecule has 1 N–H and O–H groups in total. The van der Waals surface area contributed by atoms with E-state index in [9.17, 15) is 10.1 Å². The number of nitrogens with one attached hydrogen (secondary N) is 1. The predicted molar refractivity (Wildman–Crippen MR) is 72.8 cm³/mol. The van der Waals surface area contributed by atoms with E-state index in [2.05, 4.69) is 17.2 Å². The van der Waals surface area contributed by atoms with E-state index in [0.717, 1.165) is 0 Å². The first-order chi connectivity index (χ1) is 9.13.